The predicted octanol–water partition coefficient (Wildman–Crippen LogP) is 4.64. The van der Waals surface area contributed by atoms with Crippen LogP contribution in [-0.4, -0.2) is 44.8 Å². The van der Waals surface area contributed by atoms with Crippen molar-refractivity contribution in [3.05, 3.63) is 84.4 Å². The Kier molecular flexibility index (Phi) is 7.97. The highest BCUT2D eigenvalue weighted by molar-refractivity contribution is 7.92. The molecule has 38 heavy (non-hydrogen) atoms. The number of esters is 1. The lowest BCUT2D eigenvalue weighted by Gasteiger charge is -2.09. The Morgan fingerprint density at radius 2 is 1.50 bits per heavy atom. The van der Waals surface area contributed by atoms with E-state index in [0.29, 0.717) is 11.4 Å². The van der Waals surface area contributed by atoms with Crippen molar-refractivity contribution >= 4 is 33.7 Å². The molecule has 0 unspecified atom stereocenters. The number of hydrogen-bond donors (Lipinski definition) is 1. The zero-order valence-corrected chi connectivity index (χ0v) is 21.6. The molecule has 11 heteroatoms. The van der Waals surface area contributed by atoms with Gasteiger partial charge in [0, 0.05) is 19.2 Å². The molecule has 0 aliphatic rings. The summed E-state index contributed by atoms with van der Waals surface area (Å²) in [6.45, 7) is 1.36. The Hall–Kier alpha value is -4.77. The van der Waals surface area contributed by atoms with Crippen molar-refractivity contribution in [2.24, 2.45) is 4.99 Å². The lowest BCUT2D eigenvalue weighted by Crippen LogP contribution is -2.14. The molecule has 0 bridgehead atoms. The van der Waals surface area contributed by atoms with Crippen LogP contribution in [0.25, 0.3) is 11.1 Å². The van der Waals surface area contributed by atoms with E-state index in [0.717, 1.165) is 16.7 Å². The monoisotopic (exact) mass is 532 g/mol. The van der Waals surface area contributed by atoms with Crippen molar-refractivity contribution in [3.63, 3.8) is 0 Å². The van der Waals surface area contributed by atoms with E-state index in [-0.39, 0.29) is 28.6 Å². The van der Waals surface area contributed by atoms with Crippen LogP contribution in [0, 0.1) is 0 Å². The van der Waals surface area contributed by atoms with Crippen molar-refractivity contribution in [1.29, 1.82) is 0 Å². The summed E-state index contributed by atoms with van der Waals surface area (Å²) < 4.78 is 43.1. The Balaban J connectivity index is 1.42. The average molecular weight is 533 g/mol. The first kappa shape index (κ1) is 26.3. The molecule has 1 aromatic heterocycles. The number of sulfonamides is 1. The van der Waals surface area contributed by atoms with Gasteiger partial charge in [-0.3, -0.25) is 14.5 Å². The molecule has 0 aliphatic heterocycles. The molecule has 0 fully saturated rings. The molecular formula is C27H24N4O6S. The molecule has 0 aliphatic carbocycles. The second-order valence-corrected chi connectivity index (χ2v) is 9.56. The number of hydrogen-bond acceptors (Lipinski definition) is 9. The van der Waals surface area contributed by atoms with Crippen LogP contribution in [0.4, 0.5) is 11.5 Å². The van der Waals surface area contributed by atoms with Crippen molar-refractivity contribution in [2.45, 2.75) is 11.8 Å². The van der Waals surface area contributed by atoms with Crippen LogP contribution in [0.2, 0.25) is 0 Å². The molecule has 194 valence electrons. The third-order valence-electron chi connectivity index (χ3n) is 5.18. The van der Waals surface area contributed by atoms with Crippen LogP contribution in [0.1, 0.15) is 12.5 Å². The van der Waals surface area contributed by atoms with E-state index in [2.05, 4.69) is 19.7 Å². The highest BCUT2D eigenvalue weighted by Gasteiger charge is 2.16. The number of nitrogens with one attached hydrogen (secondary N) is 1. The van der Waals surface area contributed by atoms with Gasteiger partial charge in [0.1, 0.15) is 5.75 Å². The van der Waals surface area contributed by atoms with Gasteiger partial charge in [-0.15, -0.1) is 0 Å². The number of nitrogens with zero attached hydrogens (tertiary/aromatic N) is 3. The third kappa shape index (κ3) is 6.71. The number of rotatable bonds is 9. The quantitative estimate of drug-likeness (QED) is 0.188. The third-order valence-corrected chi connectivity index (χ3v) is 6.55. The molecule has 0 amide bonds. The maximum absolute atomic E-state index is 12.8. The van der Waals surface area contributed by atoms with Gasteiger partial charge in [-0.25, -0.2) is 8.42 Å². The first-order chi connectivity index (χ1) is 18.3. The second kappa shape index (κ2) is 11.5. The van der Waals surface area contributed by atoms with Gasteiger partial charge in [-0.1, -0.05) is 36.4 Å². The summed E-state index contributed by atoms with van der Waals surface area (Å²) in [4.78, 5) is 23.5. The van der Waals surface area contributed by atoms with Crippen molar-refractivity contribution in [1.82, 2.24) is 9.97 Å². The van der Waals surface area contributed by atoms with Gasteiger partial charge in [0.2, 0.25) is 5.88 Å². The van der Waals surface area contributed by atoms with Gasteiger partial charge in [0.15, 0.2) is 5.82 Å². The summed E-state index contributed by atoms with van der Waals surface area (Å²) in [5, 5.41) is 0. The van der Waals surface area contributed by atoms with Crippen LogP contribution >= 0.6 is 0 Å². The molecule has 0 saturated heterocycles. The normalized spacial score (nSPS) is 11.2. The fourth-order valence-electron chi connectivity index (χ4n) is 3.35. The number of methoxy groups -OCH3 is 2. The lowest BCUT2D eigenvalue weighted by atomic mass is 10.0. The Morgan fingerprint density at radius 3 is 2.08 bits per heavy atom. The fourth-order valence-corrected chi connectivity index (χ4v) is 4.34. The van der Waals surface area contributed by atoms with E-state index < -0.39 is 10.0 Å². The zero-order valence-electron chi connectivity index (χ0n) is 20.8. The first-order valence-electron chi connectivity index (χ1n) is 11.3. The minimum Gasteiger partial charge on any atom is -0.481 e. The summed E-state index contributed by atoms with van der Waals surface area (Å²) in [5.41, 5.74) is 3.43. The molecule has 3 aromatic carbocycles. The Bertz CT molecular complexity index is 1530. The summed E-state index contributed by atoms with van der Waals surface area (Å²) in [6, 6.07) is 22.4. The molecular weight excluding hydrogens is 508 g/mol. The lowest BCUT2D eigenvalue weighted by molar-refractivity contribution is -0.131. The van der Waals surface area contributed by atoms with Crippen LogP contribution < -0.4 is 18.9 Å². The SMILES string of the molecule is COc1cc(NS(=O)(=O)c2ccc(N=Cc3ccc(-c4ccc(OC(C)=O)cc4)cc3)cc2)nc(OC)n1. The average Bonchev–Trinajstić information content (AvgIpc) is 2.92. The summed E-state index contributed by atoms with van der Waals surface area (Å²) in [6.07, 6.45) is 1.69. The van der Waals surface area contributed by atoms with Crippen molar-refractivity contribution in [2.75, 3.05) is 18.9 Å². The number of carbonyl (C=O) groups is 1. The van der Waals surface area contributed by atoms with E-state index in [4.69, 9.17) is 14.2 Å². The highest BCUT2D eigenvalue weighted by Crippen LogP contribution is 2.24. The molecule has 4 aromatic rings. The molecule has 0 saturated carbocycles. The number of benzene rings is 3. The van der Waals surface area contributed by atoms with Crippen molar-refractivity contribution in [3.8, 4) is 28.8 Å². The van der Waals surface area contributed by atoms with Gasteiger partial charge in [-0.05, 0) is 53.1 Å². The molecule has 0 radical (unpaired) electrons. The number of aromatic nitrogens is 2. The van der Waals surface area contributed by atoms with Crippen molar-refractivity contribution < 1.29 is 27.4 Å². The summed E-state index contributed by atoms with van der Waals surface area (Å²) in [5.74, 6) is 0.303. The summed E-state index contributed by atoms with van der Waals surface area (Å²) >= 11 is 0. The van der Waals surface area contributed by atoms with Gasteiger partial charge >= 0.3 is 12.0 Å². The standard InChI is InChI=1S/C27H24N4O6S/c1-18(32)37-23-12-8-21(9-13-23)20-6-4-19(5-7-20)17-28-22-10-14-24(15-11-22)38(33,34)31-25-16-26(35-2)30-27(29-25)36-3/h4-17H,1-3H3,(H,29,30,31). The van der Waals surface area contributed by atoms with E-state index in [9.17, 15) is 13.2 Å². The van der Waals surface area contributed by atoms with Crippen LogP contribution in [0.15, 0.2) is 88.8 Å². The minimum absolute atomic E-state index is 0.0135. The van der Waals surface area contributed by atoms with Gasteiger partial charge in [0.05, 0.1) is 24.8 Å². The van der Waals surface area contributed by atoms with Gasteiger partial charge in [-0.2, -0.15) is 9.97 Å². The molecule has 1 N–H and O–H groups in total. The largest absolute Gasteiger partial charge is 0.481 e. The predicted molar refractivity (Wildman–Crippen MR) is 143 cm³/mol. The topological polar surface area (TPSA) is 129 Å². The second-order valence-electron chi connectivity index (χ2n) is 7.88. The van der Waals surface area contributed by atoms with E-state index in [1.54, 1.807) is 30.5 Å². The van der Waals surface area contributed by atoms with E-state index in [1.165, 1.54) is 39.3 Å². The maximum atomic E-state index is 12.8. The van der Waals surface area contributed by atoms with Crippen LogP contribution in [0.5, 0.6) is 17.6 Å². The van der Waals surface area contributed by atoms with Crippen LogP contribution in [-0.2, 0) is 14.8 Å². The Labute approximate surface area is 220 Å². The Morgan fingerprint density at radius 1 is 0.868 bits per heavy atom. The molecule has 1 heterocycles. The molecule has 0 spiro atoms. The van der Waals surface area contributed by atoms with E-state index in [1.807, 2.05) is 36.4 Å². The highest BCUT2D eigenvalue weighted by atomic mass is 32.2. The number of carbonyl (C=O) groups excluding carboxylic acids is 1. The zero-order chi connectivity index (χ0) is 27.1. The minimum atomic E-state index is -3.91. The molecule has 10 nitrogen and oxygen atoms in total. The first-order valence-corrected chi connectivity index (χ1v) is 12.8. The molecule has 4 rings (SSSR count). The van der Waals surface area contributed by atoms with Gasteiger partial charge in [0.25, 0.3) is 10.0 Å². The van der Waals surface area contributed by atoms with Gasteiger partial charge < -0.3 is 14.2 Å². The van der Waals surface area contributed by atoms with E-state index >= 15 is 0 Å². The fraction of sp³-hybridized carbons (Fsp3) is 0.111. The molecule has 0 atom stereocenters. The summed E-state index contributed by atoms with van der Waals surface area (Å²) in [7, 11) is -1.14. The maximum Gasteiger partial charge on any atom is 0.321 e. The smallest absolute Gasteiger partial charge is 0.321 e. The number of anilines is 1. The van der Waals surface area contributed by atoms with Crippen LogP contribution in [0.3, 0.4) is 0 Å². The number of ether oxygens (including phenoxy) is 3. The number of aliphatic imine (C=N–C) groups is 1.